The molecule has 0 saturated carbocycles. The van der Waals surface area contributed by atoms with E-state index in [4.69, 9.17) is 5.84 Å². The summed E-state index contributed by atoms with van der Waals surface area (Å²) >= 11 is 4.68. The van der Waals surface area contributed by atoms with Gasteiger partial charge >= 0.3 is 0 Å². The molecule has 0 aliphatic carbocycles. The van der Waals surface area contributed by atoms with E-state index < -0.39 is 4.92 Å². The monoisotopic (exact) mass is 239 g/mol. The van der Waals surface area contributed by atoms with Gasteiger partial charge in [-0.1, -0.05) is 0 Å². The third-order valence-electron chi connectivity index (χ3n) is 1.61. The van der Waals surface area contributed by atoms with Crippen molar-refractivity contribution >= 4 is 29.2 Å². The zero-order chi connectivity index (χ0) is 12.0. The number of hydrazine groups is 1. The highest BCUT2D eigenvalue weighted by Gasteiger charge is 2.02. The van der Waals surface area contributed by atoms with E-state index in [-0.39, 0.29) is 10.8 Å². The normalized spacial score (nSPS) is 10.1. The minimum absolute atomic E-state index is 0.0317. The number of rotatable bonds is 3. The Kier molecular flexibility index (Phi) is 4.30. The second kappa shape index (κ2) is 5.73. The SMILES string of the molecule is NNC(=S)NN=Cc1ccc([N+](=O)[O-])cc1. The van der Waals surface area contributed by atoms with Crippen LogP contribution >= 0.6 is 12.2 Å². The topological polar surface area (TPSA) is 106 Å². The number of hydrogen-bond donors (Lipinski definition) is 3. The molecule has 0 heterocycles. The zero-order valence-corrected chi connectivity index (χ0v) is 8.90. The van der Waals surface area contributed by atoms with Gasteiger partial charge in [-0.25, -0.2) is 5.84 Å². The quantitative estimate of drug-likeness (QED) is 0.230. The fraction of sp³-hybridized carbons (Fsp3) is 0. The van der Waals surface area contributed by atoms with Crippen molar-refractivity contribution in [2.45, 2.75) is 0 Å². The molecule has 0 atom stereocenters. The molecule has 0 aromatic heterocycles. The first kappa shape index (κ1) is 12.0. The van der Waals surface area contributed by atoms with Gasteiger partial charge in [0.2, 0.25) is 5.11 Å². The number of nitrogens with two attached hydrogens (primary N) is 1. The second-order valence-corrected chi connectivity index (χ2v) is 3.10. The van der Waals surface area contributed by atoms with Gasteiger partial charge in [0.25, 0.3) is 5.69 Å². The molecule has 7 nitrogen and oxygen atoms in total. The predicted molar refractivity (Wildman–Crippen MR) is 63.7 cm³/mol. The number of hydrazone groups is 1. The van der Waals surface area contributed by atoms with E-state index in [1.807, 2.05) is 0 Å². The first-order valence-corrected chi connectivity index (χ1v) is 4.58. The number of non-ortho nitro benzene ring substituents is 1. The summed E-state index contributed by atoms with van der Waals surface area (Å²) in [6.45, 7) is 0. The minimum atomic E-state index is -0.466. The van der Waals surface area contributed by atoms with Crippen LogP contribution in [0.25, 0.3) is 0 Å². The van der Waals surface area contributed by atoms with Crippen molar-refractivity contribution in [1.29, 1.82) is 0 Å². The summed E-state index contributed by atoms with van der Waals surface area (Å²) in [7, 11) is 0. The molecule has 0 aliphatic heterocycles. The molecule has 0 radical (unpaired) electrons. The average molecular weight is 239 g/mol. The Labute approximate surface area is 96.4 Å². The van der Waals surface area contributed by atoms with E-state index >= 15 is 0 Å². The number of hydrogen-bond acceptors (Lipinski definition) is 5. The van der Waals surface area contributed by atoms with E-state index in [0.717, 1.165) is 0 Å². The Bertz CT molecular complexity index is 417. The second-order valence-electron chi connectivity index (χ2n) is 2.69. The van der Waals surface area contributed by atoms with Crippen LogP contribution < -0.4 is 16.7 Å². The van der Waals surface area contributed by atoms with Gasteiger partial charge in [-0.05, 0) is 29.9 Å². The van der Waals surface area contributed by atoms with Crippen LogP contribution in [0, 0.1) is 10.1 Å². The molecule has 0 amide bonds. The highest BCUT2D eigenvalue weighted by Crippen LogP contribution is 2.10. The lowest BCUT2D eigenvalue weighted by molar-refractivity contribution is -0.384. The van der Waals surface area contributed by atoms with Crippen molar-refractivity contribution < 1.29 is 4.92 Å². The van der Waals surface area contributed by atoms with Gasteiger partial charge in [-0.2, -0.15) is 5.10 Å². The number of nitro benzene ring substituents is 1. The largest absolute Gasteiger partial charge is 0.300 e. The molecule has 1 aromatic rings. The van der Waals surface area contributed by atoms with Crippen molar-refractivity contribution in [3.8, 4) is 0 Å². The van der Waals surface area contributed by atoms with Crippen LogP contribution in [0.2, 0.25) is 0 Å². The van der Waals surface area contributed by atoms with E-state index in [9.17, 15) is 10.1 Å². The first-order chi connectivity index (χ1) is 7.63. The first-order valence-electron chi connectivity index (χ1n) is 4.17. The third kappa shape index (κ3) is 3.59. The third-order valence-corrected chi connectivity index (χ3v) is 1.82. The Morgan fingerprint density at radius 3 is 2.62 bits per heavy atom. The van der Waals surface area contributed by atoms with Gasteiger partial charge in [0.1, 0.15) is 0 Å². The van der Waals surface area contributed by atoms with Crippen molar-refractivity contribution in [2.24, 2.45) is 10.9 Å². The standard InChI is InChI=1S/C8H9N5O2S/c9-11-8(16)12-10-5-6-1-3-7(4-2-6)13(14)15/h1-5H,9H2,(H2,11,12,16). The summed E-state index contributed by atoms with van der Waals surface area (Å²) in [5.41, 5.74) is 5.38. The molecule has 16 heavy (non-hydrogen) atoms. The summed E-state index contributed by atoms with van der Waals surface area (Å²) in [6, 6.07) is 5.92. The molecule has 0 fully saturated rings. The Balaban J connectivity index is 2.61. The molecule has 1 rings (SSSR count). The maximum absolute atomic E-state index is 10.4. The van der Waals surface area contributed by atoms with Crippen molar-refractivity contribution in [2.75, 3.05) is 0 Å². The lowest BCUT2D eigenvalue weighted by Crippen LogP contribution is -2.37. The fourth-order valence-electron chi connectivity index (χ4n) is 0.880. The highest BCUT2D eigenvalue weighted by atomic mass is 32.1. The molecule has 0 spiro atoms. The van der Waals surface area contributed by atoms with E-state index in [0.29, 0.717) is 5.56 Å². The molecule has 0 bridgehead atoms. The molecule has 1 aromatic carbocycles. The fourth-order valence-corrected chi connectivity index (χ4v) is 0.933. The number of thiocarbonyl (C=S) groups is 1. The molecule has 0 aliphatic rings. The van der Waals surface area contributed by atoms with Crippen molar-refractivity contribution in [1.82, 2.24) is 10.9 Å². The summed E-state index contributed by atoms with van der Waals surface area (Å²) < 4.78 is 0. The molecule has 0 unspecified atom stereocenters. The number of nitrogens with one attached hydrogen (secondary N) is 2. The maximum atomic E-state index is 10.4. The lowest BCUT2D eigenvalue weighted by Gasteiger charge is -1.99. The lowest BCUT2D eigenvalue weighted by atomic mass is 10.2. The summed E-state index contributed by atoms with van der Waals surface area (Å²) in [4.78, 5) is 9.91. The molecule has 84 valence electrons. The van der Waals surface area contributed by atoms with Crippen LogP contribution in [0.3, 0.4) is 0 Å². The smallest absolute Gasteiger partial charge is 0.269 e. The number of nitro groups is 1. The van der Waals surface area contributed by atoms with Crippen molar-refractivity contribution in [3.05, 3.63) is 39.9 Å². The van der Waals surface area contributed by atoms with Crippen molar-refractivity contribution in [3.63, 3.8) is 0 Å². The van der Waals surface area contributed by atoms with Crippen LogP contribution in [0.5, 0.6) is 0 Å². The van der Waals surface area contributed by atoms with Gasteiger partial charge in [-0.3, -0.25) is 21.0 Å². The average Bonchev–Trinajstić information content (AvgIpc) is 2.29. The van der Waals surface area contributed by atoms with Gasteiger partial charge in [0.15, 0.2) is 0 Å². The summed E-state index contributed by atoms with van der Waals surface area (Å²) in [5.74, 6) is 5.00. The molecular weight excluding hydrogens is 230 g/mol. The Morgan fingerprint density at radius 1 is 1.50 bits per heavy atom. The van der Waals surface area contributed by atoms with Crippen LogP contribution in [0.4, 0.5) is 5.69 Å². The van der Waals surface area contributed by atoms with Gasteiger partial charge < -0.3 is 0 Å². The predicted octanol–water partition coefficient (Wildman–Crippen LogP) is 0.267. The van der Waals surface area contributed by atoms with Gasteiger partial charge in [0.05, 0.1) is 11.1 Å². The number of benzene rings is 1. The van der Waals surface area contributed by atoms with E-state index in [2.05, 4.69) is 28.2 Å². The van der Waals surface area contributed by atoms with Crippen LogP contribution in [0.1, 0.15) is 5.56 Å². The Morgan fingerprint density at radius 2 is 2.12 bits per heavy atom. The highest BCUT2D eigenvalue weighted by molar-refractivity contribution is 7.80. The summed E-state index contributed by atoms with van der Waals surface area (Å²) in [6.07, 6.45) is 1.47. The molecular formula is C8H9N5O2S. The van der Waals surface area contributed by atoms with Crippen LogP contribution in [0.15, 0.2) is 29.4 Å². The van der Waals surface area contributed by atoms with Crippen LogP contribution in [-0.4, -0.2) is 16.3 Å². The number of nitrogens with zero attached hydrogens (tertiary/aromatic N) is 2. The zero-order valence-electron chi connectivity index (χ0n) is 8.08. The molecule has 0 saturated heterocycles. The molecule has 8 heteroatoms. The van der Waals surface area contributed by atoms with E-state index in [1.165, 1.54) is 18.3 Å². The minimum Gasteiger partial charge on any atom is -0.300 e. The van der Waals surface area contributed by atoms with Gasteiger partial charge in [-0.15, -0.1) is 0 Å². The van der Waals surface area contributed by atoms with Crippen LogP contribution in [-0.2, 0) is 0 Å². The summed E-state index contributed by atoms with van der Waals surface area (Å²) in [5, 5.41) is 14.3. The maximum Gasteiger partial charge on any atom is 0.269 e. The Hall–Kier alpha value is -2.06. The molecule has 4 N–H and O–H groups in total. The van der Waals surface area contributed by atoms with Gasteiger partial charge in [0, 0.05) is 12.1 Å². The van der Waals surface area contributed by atoms with E-state index in [1.54, 1.807) is 12.1 Å².